The van der Waals surface area contributed by atoms with Crippen LogP contribution in [0.25, 0.3) is 21.3 Å². The predicted molar refractivity (Wildman–Crippen MR) is 126 cm³/mol. The molecule has 2 aliphatic heterocycles. The first-order chi connectivity index (χ1) is 14.7. The van der Waals surface area contributed by atoms with E-state index in [1.807, 2.05) is 6.07 Å². The second kappa shape index (κ2) is 8.44. The third-order valence-electron chi connectivity index (χ3n) is 5.48. The lowest BCUT2D eigenvalue weighted by Crippen LogP contribution is -2.20. The van der Waals surface area contributed by atoms with Crippen molar-refractivity contribution in [2.75, 3.05) is 40.5 Å². The molecule has 0 atom stereocenters. The Morgan fingerprint density at radius 3 is 2.57 bits per heavy atom. The van der Waals surface area contributed by atoms with E-state index < -0.39 is 0 Å². The molecule has 4 nitrogen and oxygen atoms in total. The highest BCUT2D eigenvalue weighted by atomic mass is 32.2. The molecular weight excluding hydrogens is 392 g/mol. The molecule has 0 fully saturated rings. The molecule has 0 unspecified atom stereocenters. The largest absolute Gasteiger partial charge is 0.456 e. The summed E-state index contributed by atoms with van der Waals surface area (Å²) in [6.07, 6.45) is 1.05. The fraction of sp³-hybridized carbons (Fsp3) is 0.280. The molecule has 3 aromatic carbocycles. The van der Waals surface area contributed by atoms with Crippen molar-refractivity contribution < 1.29 is 9.47 Å². The van der Waals surface area contributed by atoms with Gasteiger partial charge in [0.2, 0.25) is 0 Å². The Morgan fingerprint density at radius 1 is 0.967 bits per heavy atom. The highest BCUT2D eigenvalue weighted by Crippen LogP contribution is 2.52. The van der Waals surface area contributed by atoms with Gasteiger partial charge in [0.1, 0.15) is 18.2 Å². The Kier molecular flexibility index (Phi) is 5.52. The fourth-order valence-electron chi connectivity index (χ4n) is 4.01. The summed E-state index contributed by atoms with van der Waals surface area (Å²) in [6, 6.07) is 21.3. The first-order valence-corrected chi connectivity index (χ1v) is 11.2. The van der Waals surface area contributed by atoms with Crippen molar-refractivity contribution in [1.29, 1.82) is 0 Å². The van der Waals surface area contributed by atoms with Crippen molar-refractivity contribution >= 4 is 33.2 Å². The van der Waals surface area contributed by atoms with Crippen molar-refractivity contribution in [2.24, 2.45) is 0 Å². The number of ether oxygens (including phenoxy) is 2. The van der Waals surface area contributed by atoms with Crippen molar-refractivity contribution in [3.63, 3.8) is 0 Å². The highest BCUT2D eigenvalue weighted by molar-refractivity contribution is 8.06. The van der Waals surface area contributed by atoms with Gasteiger partial charge in [-0.3, -0.25) is 0 Å². The third-order valence-corrected chi connectivity index (χ3v) is 6.62. The summed E-state index contributed by atoms with van der Waals surface area (Å²) in [7, 11) is 4.19. The van der Waals surface area contributed by atoms with Crippen LogP contribution in [-0.4, -0.2) is 49.7 Å². The van der Waals surface area contributed by atoms with Crippen LogP contribution in [0, 0.1) is 0 Å². The summed E-state index contributed by atoms with van der Waals surface area (Å²) in [5.41, 5.74) is 3.66. The zero-order valence-corrected chi connectivity index (χ0v) is 18.2. The average molecular weight is 419 g/mol. The molecule has 0 saturated carbocycles. The van der Waals surface area contributed by atoms with Gasteiger partial charge in [0.05, 0.1) is 0 Å². The van der Waals surface area contributed by atoms with Crippen molar-refractivity contribution in [3.8, 4) is 11.5 Å². The van der Waals surface area contributed by atoms with Crippen LogP contribution in [0.4, 0.5) is 0 Å². The second-order valence-electron chi connectivity index (χ2n) is 8.03. The maximum Gasteiger partial charge on any atom is 0.136 e. The lowest BCUT2D eigenvalue weighted by atomic mass is 10.0. The molecule has 3 aromatic rings. The van der Waals surface area contributed by atoms with E-state index in [-0.39, 0.29) is 0 Å². The van der Waals surface area contributed by atoms with Gasteiger partial charge >= 0.3 is 0 Å². The SMILES string of the molecule is CN(C)CCCOCN1CC2=C(S1)c1cc3ccccc3cc1Oc1ccccc12. The number of hydrogen-bond donors (Lipinski definition) is 0. The van der Waals surface area contributed by atoms with Crippen LogP contribution >= 0.6 is 11.9 Å². The summed E-state index contributed by atoms with van der Waals surface area (Å²) >= 11 is 1.78. The van der Waals surface area contributed by atoms with Gasteiger partial charge in [-0.25, -0.2) is 4.31 Å². The van der Waals surface area contributed by atoms with Gasteiger partial charge in [-0.1, -0.05) is 42.5 Å². The van der Waals surface area contributed by atoms with Crippen molar-refractivity contribution in [1.82, 2.24) is 9.21 Å². The van der Waals surface area contributed by atoms with Crippen LogP contribution in [0.5, 0.6) is 11.5 Å². The molecule has 2 aliphatic rings. The van der Waals surface area contributed by atoms with Crippen LogP contribution in [0.15, 0.2) is 60.7 Å². The van der Waals surface area contributed by atoms with Gasteiger partial charge in [0.25, 0.3) is 0 Å². The molecule has 0 amide bonds. The highest BCUT2D eigenvalue weighted by Gasteiger charge is 2.31. The standard InChI is InChI=1S/C25H26N2O2S/c1-26(2)12-7-13-28-17-27-16-22-20-10-5-6-11-23(20)29-24-15-19-9-4-3-8-18(19)14-21(24)25(22)30-27/h3-6,8-11,14-15H,7,12-13,16-17H2,1-2H3. The summed E-state index contributed by atoms with van der Waals surface area (Å²) < 4.78 is 14.7. The first-order valence-electron chi connectivity index (χ1n) is 10.4. The predicted octanol–water partition coefficient (Wildman–Crippen LogP) is 5.70. The van der Waals surface area contributed by atoms with E-state index in [9.17, 15) is 0 Å². The van der Waals surface area contributed by atoms with Crippen LogP contribution < -0.4 is 4.74 Å². The summed E-state index contributed by atoms with van der Waals surface area (Å²) in [5, 5.41) is 2.43. The van der Waals surface area contributed by atoms with E-state index in [2.05, 4.69) is 77.9 Å². The molecule has 2 heterocycles. The van der Waals surface area contributed by atoms with Gasteiger partial charge in [-0.15, -0.1) is 0 Å². The van der Waals surface area contributed by atoms with E-state index in [1.165, 1.54) is 32.4 Å². The lowest BCUT2D eigenvalue weighted by Gasteiger charge is -2.18. The van der Waals surface area contributed by atoms with E-state index >= 15 is 0 Å². The van der Waals surface area contributed by atoms with E-state index in [0.717, 1.165) is 37.6 Å². The maximum absolute atomic E-state index is 6.41. The number of nitrogens with zero attached hydrogens (tertiary/aromatic N) is 2. The zero-order valence-electron chi connectivity index (χ0n) is 17.4. The Hall–Kier alpha value is -2.31. The number of fused-ring (bicyclic) bond motifs is 5. The van der Waals surface area contributed by atoms with Gasteiger partial charge in [-0.05, 0) is 73.6 Å². The molecule has 154 valence electrons. The van der Waals surface area contributed by atoms with Crippen LogP contribution in [0.1, 0.15) is 17.5 Å². The number of benzene rings is 3. The minimum atomic E-state index is 0.622. The minimum Gasteiger partial charge on any atom is -0.456 e. The molecule has 0 aromatic heterocycles. The lowest BCUT2D eigenvalue weighted by molar-refractivity contribution is 0.0772. The first kappa shape index (κ1) is 19.6. The summed E-state index contributed by atoms with van der Waals surface area (Å²) in [4.78, 5) is 3.47. The minimum absolute atomic E-state index is 0.622. The van der Waals surface area contributed by atoms with Crippen LogP contribution in [0.2, 0.25) is 0 Å². The monoisotopic (exact) mass is 418 g/mol. The summed E-state index contributed by atoms with van der Waals surface area (Å²) in [6.45, 7) is 3.30. The molecule has 0 bridgehead atoms. The number of para-hydroxylation sites is 1. The molecule has 0 saturated heterocycles. The molecule has 5 rings (SSSR count). The molecule has 30 heavy (non-hydrogen) atoms. The smallest absolute Gasteiger partial charge is 0.136 e. The third kappa shape index (κ3) is 3.86. The zero-order chi connectivity index (χ0) is 20.5. The van der Waals surface area contributed by atoms with Gasteiger partial charge in [0, 0.05) is 29.2 Å². The average Bonchev–Trinajstić information content (AvgIpc) is 3.12. The number of hydrogen-bond acceptors (Lipinski definition) is 5. The molecule has 0 aliphatic carbocycles. The Morgan fingerprint density at radius 2 is 1.73 bits per heavy atom. The van der Waals surface area contributed by atoms with Crippen LogP contribution in [0.3, 0.4) is 0 Å². The van der Waals surface area contributed by atoms with E-state index in [4.69, 9.17) is 9.47 Å². The fourth-order valence-corrected chi connectivity index (χ4v) is 5.13. The topological polar surface area (TPSA) is 24.9 Å². The van der Waals surface area contributed by atoms with Gasteiger partial charge < -0.3 is 14.4 Å². The quantitative estimate of drug-likeness (QED) is 0.378. The van der Waals surface area contributed by atoms with Gasteiger partial charge in [-0.2, -0.15) is 0 Å². The van der Waals surface area contributed by atoms with E-state index in [0.29, 0.717) is 6.73 Å². The Labute approximate surface area is 182 Å². The molecule has 0 spiro atoms. The Balaban J connectivity index is 1.45. The van der Waals surface area contributed by atoms with E-state index in [1.54, 1.807) is 11.9 Å². The van der Waals surface area contributed by atoms with Gasteiger partial charge in [0.15, 0.2) is 0 Å². The molecular formula is C25H26N2O2S. The van der Waals surface area contributed by atoms with Crippen molar-refractivity contribution in [2.45, 2.75) is 6.42 Å². The normalized spacial score (nSPS) is 15.7. The number of rotatable bonds is 6. The Bertz CT molecular complexity index is 1110. The maximum atomic E-state index is 6.41. The second-order valence-corrected chi connectivity index (χ2v) is 9.13. The molecule has 0 radical (unpaired) electrons. The summed E-state index contributed by atoms with van der Waals surface area (Å²) in [5.74, 6) is 1.85. The van der Waals surface area contributed by atoms with Crippen LogP contribution in [-0.2, 0) is 4.74 Å². The molecule has 5 heteroatoms. The molecule has 0 N–H and O–H groups in total. The van der Waals surface area contributed by atoms with Crippen molar-refractivity contribution in [3.05, 3.63) is 71.8 Å².